The summed E-state index contributed by atoms with van der Waals surface area (Å²) in [4.78, 5) is 11.5. The van der Waals surface area contributed by atoms with Gasteiger partial charge in [-0.3, -0.25) is 4.79 Å². The maximum absolute atomic E-state index is 11.5. The number of amides is 1. The fourth-order valence-electron chi connectivity index (χ4n) is 1.89. The van der Waals surface area contributed by atoms with Gasteiger partial charge in [-0.25, -0.2) is 0 Å². The first-order valence-corrected chi connectivity index (χ1v) is 6.84. The van der Waals surface area contributed by atoms with Gasteiger partial charge < -0.3 is 15.4 Å². The van der Waals surface area contributed by atoms with Crippen LogP contribution in [0.25, 0.3) is 0 Å². The minimum Gasteiger partial charge on any atom is -0.497 e. The van der Waals surface area contributed by atoms with E-state index in [4.69, 9.17) is 10.00 Å². The molecular formula is C15H19N3O2. The van der Waals surface area contributed by atoms with Crippen LogP contribution >= 0.6 is 0 Å². The molecule has 2 N–H and O–H groups in total. The van der Waals surface area contributed by atoms with Gasteiger partial charge in [0.1, 0.15) is 11.8 Å². The molecule has 0 atom stereocenters. The zero-order valence-corrected chi connectivity index (χ0v) is 11.6. The number of nitrogens with zero attached hydrogens (tertiary/aromatic N) is 1. The maximum Gasteiger partial charge on any atom is 0.220 e. The maximum atomic E-state index is 11.5. The van der Waals surface area contributed by atoms with Crippen LogP contribution in [-0.4, -0.2) is 25.6 Å². The number of carbonyl (C=O) groups is 1. The third kappa shape index (κ3) is 4.16. The van der Waals surface area contributed by atoms with E-state index < -0.39 is 0 Å². The van der Waals surface area contributed by atoms with Gasteiger partial charge >= 0.3 is 0 Å². The highest BCUT2D eigenvalue weighted by atomic mass is 16.5. The lowest BCUT2D eigenvalue weighted by molar-refractivity contribution is -0.121. The number of nitriles is 1. The molecule has 0 unspecified atom stereocenters. The Bertz CT molecular complexity index is 518. The van der Waals surface area contributed by atoms with Crippen LogP contribution in [0.4, 0.5) is 5.69 Å². The van der Waals surface area contributed by atoms with Crippen molar-refractivity contribution in [2.45, 2.75) is 31.7 Å². The Labute approximate surface area is 118 Å². The molecule has 0 aliphatic heterocycles. The number of nitrogens with one attached hydrogen (secondary N) is 2. The molecule has 1 aliphatic carbocycles. The van der Waals surface area contributed by atoms with Crippen LogP contribution in [0.2, 0.25) is 0 Å². The molecule has 0 aromatic heterocycles. The summed E-state index contributed by atoms with van der Waals surface area (Å²) < 4.78 is 5.14. The number of rotatable bonds is 7. The minimum absolute atomic E-state index is 0.112. The number of hydrogen-bond donors (Lipinski definition) is 2. The average Bonchev–Trinajstić information content (AvgIpc) is 3.27. The van der Waals surface area contributed by atoms with E-state index in [1.807, 2.05) is 0 Å². The van der Waals surface area contributed by atoms with Crippen molar-refractivity contribution >= 4 is 11.6 Å². The Kier molecular flexibility index (Phi) is 4.83. The lowest BCUT2D eigenvalue weighted by Gasteiger charge is -2.10. The molecule has 0 radical (unpaired) electrons. The fourth-order valence-corrected chi connectivity index (χ4v) is 1.89. The Morgan fingerprint density at radius 3 is 2.95 bits per heavy atom. The Balaban J connectivity index is 1.77. The molecule has 20 heavy (non-hydrogen) atoms. The SMILES string of the molecule is COc1ccc(C#N)c(NCCCC(=O)NC2CC2)c1. The molecule has 1 fully saturated rings. The van der Waals surface area contributed by atoms with Crippen LogP contribution in [0.3, 0.4) is 0 Å². The summed E-state index contributed by atoms with van der Waals surface area (Å²) >= 11 is 0. The second-order valence-corrected chi connectivity index (χ2v) is 4.90. The van der Waals surface area contributed by atoms with Gasteiger partial charge in [0, 0.05) is 25.1 Å². The van der Waals surface area contributed by atoms with Gasteiger partial charge in [-0.15, -0.1) is 0 Å². The van der Waals surface area contributed by atoms with Crippen LogP contribution in [-0.2, 0) is 4.79 Å². The highest BCUT2D eigenvalue weighted by Crippen LogP contribution is 2.22. The van der Waals surface area contributed by atoms with Crippen molar-refractivity contribution in [1.29, 1.82) is 5.26 Å². The van der Waals surface area contributed by atoms with Crippen LogP contribution in [0.5, 0.6) is 5.75 Å². The third-order valence-corrected chi connectivity index (χ3v) is 3.19. The van der Waals surface area contributed by atoms with Gasteiger partial charge in [-0.1, -0.05) is 0 Å². The number of methoxy groups -OCH3 is 1. The van der Waals surface area contributed by atoms with Crippen molar-refractivity contribution in [2.75, 3.05) is 19.0 Å². The standard InChI is InChI=1S/C15H19N3O2/c1-20-13-7-4-11(10-16)14(9-13)17-8-2-3-15(19)18-12-5-6-12/h4,7,9,12,17H,2-3,5-6,8H2,1H3,(H,18,19). The van der Waals surface area contributed by atoms with E-state index in [0.717, 1.165) is 24.9 Å². The van der Waals surface area contributed by atoms with Crippen LogP contribution in [0.1, 0.15) is 31.2 Å². The largest absolute Gasteiger partial charge is 0.497 e. The third-order valence-electron chi connectivity index (χ3n) is 3.19. The predicted molar refractivity (Wildman–Crippen MR) is 76.6 cm³/mol. The smallest absolute Gasteiger partial charge is 0.220 e. The van der Waals surface area contributed by atoms with Gasteiger partial charge in [-0.2, -0.15) is 5.26 Å². The molecule has 0 heterocycles. The molecule has 1 aromatic carbocycles. The summed E-state index contributed by atoms with van der Waals surface area (Å²) in [5.74, 6) is 0.818. The molecule has 1 aromatic rings. The van der Waals surface area contributed by atoms with E-state index in [9.17, 15) is 4.79 Å². The molecular weight excluding hydrogens is 254 g/mol. The van der Waals surface area contributed by atoms with E-state index in [1.54, 1.807) is 25.3 Å². The first-order chi connectivity index (χ1) is 9.72. The Hall–Kier alpha value is -2.22. The predicted octanol–water partition coefficient (Wildman–Crippen LogP) is 2.04. The van der Waals surface area contributed by atoms with E-state index in [1.165, 1.54) is 0 Å². The monoisotopic (exact) mass is 273 g/mol. The first kappa shape index (κ1) is 14.2. The van der Waals surface area contributed by atoms with E-state index >= 15 is 0 Å². The van der Waals surface area contributed by atoms with Gasteiger partial charge in [-0.05, 0) is 31.4 Å². The number of carbonyl (C=O) groups excluding carboxylic acids is 1. The summed E-state index contributed by atoms with van der Waals surface area (Å²) in [7, 11) is 1.59. The molecule has 5 heteroatoms. The van der Waals surface area contributed by atoms with Gasteiger partial charge in [0.2, 0.25) is 5.91 Å². The zero-order valence-electron chi connectivity index (χ0n) is 11.6. The molecule has 5 nitrogen and oxygen atoms in total. The van der Waals surface area contributed by atoms with Crippen LogP contribution < -0.4 is 15.4 Å². The summed E-state index contributed by atoms with van der Waals surface area (Å²) in [5, 5.41) is 15.2. The topological polar surface area (TPSA) is 74.1 Å². The van der Waals surface area contributed by atoms with Crippen molar-refractivity contribution in [3.05, 3.63) is 23.8 Å². The van der Waals surface area contributed by atoms with Crippen molar-refractivity contribution in [1.82, 2.24) is 5.32 Å². The second-order valence-electron chi connectivity index (χ2n) is 4.90. The van der Waals surface area contributed by atoms with Gasteiger partial charge in [0.05, 0.1) is 18.4 Å². The summed E-state index contributed by atoms with van der Waals surface area (Å²) in [6.07, 6.45) is 3.47. The lowest BCUT2D eigenvalue weighted by Crippen LogP contribution is -2.25. The summed E-state index contributed by atoms with van der Waals surface area (Å²) in [6, 6.07) is 7.82. The summed E-state index contributed by atoms with van der Waals surface area (Å²) in [5.41, 5.74) is 1.32. The van der Waals surface area contributed by atoms with E-state index in [-0.39, 0.29) is 5.91 Å². The average molecular weight is 273 g/mol. The zero-order chi connectivity index (χ0) is 14.4. The summed E-state index contributed by atoms with van der Waals surface area (Å²) in [6.45, 7) is 0.653. The number of hydrogen-bond acceptors (Lipinski definition) is 4. The molecule has 0 spiro atoms. The van der Waals surface area contributed by atoms with E-state index in [2.05, 4.69) is 16.7 Å². The highest BCUT2D eigenvalue weighted by Gasteiger charge is 2.22. The minimum atomic E-state index is 0.112. The van der Waals surface area contributed by atoms with E-state index in [0.29, 0.717) is 30.3 Å². The van der Waals surface area contributed by atoms with Crippen LogP contribution in [0, 0.1) is 11.3 Å². The quantitative estimate of drug-likeness (QED) is 0.745. The second kappa shape index (κ2) is 6.80. The number of ether oxygens (including phenoxy) is 1. The fraction of sp³-hybridized carbons (Fsp3) is 0.467. The molecule has 1 saturated carbocycles. The lowest BCUT2D eigenvalue weighted by atomic mass is 10.1. The Morgan fingerprint density at radius 2 is 2.30 bits per heavy atom. The van der Waals surface area contributed by atoms with Crippen molar-refractivity contribution < 1.29 is 9.53 Å². The number of anilines is 1. The van der Waals surface area contributed by atoms with Crippen molar-refractivity contribution in [2.24, 2.45) is 0 Å². The normalized spacial score (nSPS) is 13.4. The molecule has 106 valence electrons. The molecule has 2 rings (SSSR count). The number of benzene rings is 1. The van der Waals surface area contributed by atoms with Gasteiger partial charge in [0.25, 0.3) is 0 Å². The molecule has 1 amide bonds. The first-order valence-electron chi connectivity index (χ1n) is 6.84. The molecule has 1 aliphatic rings. The van der Waals surface area contributed by atoms with Gasteiger partial charge in [0.15, 0.2) is 0 Å². The highest BCUT2D eigenvalue weighted by molar-refractivity contribution is 5.76. The molecule has 0 saturated heterocycles. The van der Waals surface area contributed by atoms with Crippen molar-refractivity contribution in [3.8, 4) is 11.8 Å². The molecule has 0 bridgehead atoms. The van der Waals surface area contributed by atoms with Crippen LogP contribution in [0.15, 0.2) is 18.2 Å². The Morgan fingerprint density at radius 1 is 1.50 bits per heavy atom. The van der Waals surface area contributed by atoms with Crippen molar-refractivity contribution in [3.63, 3.8) is 0 Å².